The first-order chi connectivity index (χ1) is 9.79. The van der Waals surface area contributed by atoms with Crippen LogP contribution in [0.25, 0.3) is 0 Å². The fraction of sp³-hybridized carbons (Fsp3) is 0.286. The number of benzene rings is 1. The van der Waals surface area contributed by atoms with Crippen molar-refractivity contribution in [1.82, 2.24) is 9.97 Å². The topological polar surface area (TPSA) is 70.3 Å². The Bertz CT molecular complexity index is 608. The zero-order chi connectivity index (χ0) is 13.9. The summed E-state index contributed by atoms with van der Waals surface area (Å²) >= 11 is 1.74. The van der Waals surface area contributed by atoms with Gasteiger partial charge in [-0.2, -0.15) is 0 Å². The van der Waals surface area contributed by atoms with Crippen molar-refractivity contribution in [2.75, 3.05) is 12.9 Å². The van der Waals surface area contributed by atoms with Crippen LogP contribution in [0.1, 0.15) is 11.7 Å². The molecule has 1 aliphatic rings. The summed E-state index contributed by atoms with van der Waals surface area (Å²) in [6, 6.07) is 7.58. The molecule has 0 saturated carbocycles. The van der Waals surface area contributed by atoms with Crippen LogP contribution in [0.5, 0.6) is 11.6 Å². The summed E-state index contributed by atoms with van der Waals surface area (Å²) in [7, 11) is 1.56. The van der Waals surface area contributed by atoms with Gasteiger partial charge >= 0.3 is 0 Å². The first-order valence-corrected chi connectivity index (χ1v) is 7.27. The third-order valence-electron chi connectivity index (χ3n) is 3.13. The van der Waals surface area contributed by atoms with Gasteiger partial charge < -0.3 is 15.2 Å². The van der Waals surface area contributed by atoms with Crippen molar-refractivity contribution in [3.05, 3.63) is 42.4 Å². The number of nitrogens with zero attached hydrogens (tertiary/aromatic N) is 2. The van der Waals surface area contributed by atoms with Gasteiger partial charge in [0.1, 0.15) is 17.5 Å². The Balaban J connectivity index is 1.84. The fourth-order valence-electron chi connectivity index (χ4n) is 2.11. The smallest absolute Gasteiger partial charge is 0.237 e. The molecule has 0 aliphatic carbocycles. The van der Waals surface area contributed by atoms with Crippen LogP contribution < -0.4 is 15.2 Å². The molecule has 20 heavy (non-hydrogen) atoms. The van der Waals surface area contributed by atoms with E-state index in [1.54, 1.807) is 31.3 Å². The summed E-state index contributed by atoms with van der Waals surface area (Å²) in [6.45, 7) is 0. The average molecular weight is 289 g/mol. The quantitative estimate of drug-likeness (QED) is 0.932. The minimum atomic E-state index is -0.375. The molecule has 0 bridgehead atoms. The SMILES string of the molecule is COc1nccnc1C(N)C1CSc2ccccc2O1. The molecular weight excluding hydrogens is 274 g/mol. The van der Waals surface area contributed by atoms with Gasteiger partial charge in [0.15, 0.2) is 0 Å². The number of para-hydroxylation sites is 1. The Labute approximate surface area is 121 Å². The molecule has 1 aliphatic heterocycles. The van der Waals surface area contributed by atoms with E-state index in [0.29, 0.717) is 11.6 Å². The molecule has 2 atom stereocenters. The molecule has 6 heteroatoms. The molecule has 5 nitrogen and oxygen atoms in total. The van der Waals surface area contributed by atoms with E-state index in [-0.39, 0.29) is 12.1 Å². The maximum Gasteiger partial charge on any atom is 0.237 e. The normalized spacial score (nSPS) is 18.8. The Hall–Kier alpha value is -1.79. The van der Waals surface area contributed by atoms with Crippen molar-refractivity contribution >= 4 is 11.8 Å². The monoisotopic (exact) mass is 289 g/mol. The van der Waals surface area contributed by atoms with Gasteiger partial charge in [-0.3, -0.25) is 4.98 Å². The highest BCUT2D eigenvalue weighted by molar-refractivity contribution is 7.99. The molecule has 0 fully saturated rings. The molecule has 0 radical (unpaired) electrons. The molecule has 1 aromatic carbocycles. The summed E-state index contributed by atoms with van der Waals surface area (Å²) in [6.07, 6.45) is 3.04. The number of thioether (sulfide) groups is 1. The van der Waals surface area contributed by atoms with Gasteiger partial charge in [0.25, 0.3) is 0 Å². The van der Waals surface area contributed by atoms with E-state index in [1.165, 1.54) is 0 Å². The lowest BCUT2D eigenvalue weighted by molar-refractivity contribution is 0.181. The van der Waals surface area contributed by atoms with E-state index in [4.69, 9.17) is 15.2 Å². The van der Waals surface area contributed by atoms with Gasteiger partial charge in [-0.1, -0.05) is 12.1 Å². The standard InChI is InChI=1S/C14H15N3O2S/c1-18-14-13(16-6-7-17-14)12(15)10-8-20-11-5-3-2-4-9(11)19-10/h2-7,10,12H,8,15H2,1H3. The highest BCUT2D eigenvalue weighted by atomic mass is 32.2. The number of rotatable bonds is 3. The summed E-state index contributed by atoms with van der Waals surface area (Å²) in [5.41, 5.74) is 6.91. The molecule has 104 valence electrons. The van der Waals surface area contributed by atoms with E-state index in [9.17, 15) is 0 Å². The zero-order valence-electron chi connectivity index (χ0n) is 11.0. The number of nitrogens with two attached hydrogens (primary N) is 1. The number of hydrogen-bond donors (Lipinski definition) is 1. The van der Waals surface area contributed by atoms with Crippen LogP contribution in [0, 0.1) is 0 Å². The van der Waals surface area contributed by atoms with Gasteiger partial charge in [-0.25, -0.2) is 4.98 Å². The molecule has 2 aromatic rings. The highest BCUT2D eigenvalue weighted by Crippen LogP contribution is 2.38. The van der Waals surface area contributed by atoms with Crippen LogP contribution in [0.4, 0.5) is 0 Å². The summed E-state index contributed by atoms with van der Waals surface area (Å²) in [4.78, 5) is 9.55. The number of hydrogen-bond acceptors (Lipinski definition) is 6. The molecular formula is C14H15N3O2S. The predicted octanol–water partition coefficient (Wildman–Crippen LogP) is 2.04. The molecule has 2 unspecified atom stereocenters. The average Bonchev–Trinajstić information content (AvgIpc) is 2.53. The molecule has 2 N–H and O–H groups in total. The summed E-state index contributed by atoms with van der Waals surface area (Å²) < 4.78 is 11.2. The van der Waals surface area contributed by atoms with Crippen LogP contribution in [0.3, 0.4) is 0 Å². The Morgan fingerprint density at radius 3 is 3.00 bits per heavy atom. The largest absolute Gasteiger partial charge is 0.486 e. The van der Waals surface area contributed by atoms with Crippen molar-refractivity contribution in [3.8, 4) is 11.6 Å². The van der Waals surface area contributed by atoms with Gasteiger partial charge in [0, 0.05) is 23.0 Å². The van der Waals surface area contributed by atoms with E-state index in [1.807, 2.05) is 24.3 Å². The van der Waals surface area contributed by atoms with Crippen molar-refractivity contribution < 1.29 is 9.47 Å². The van der Waals surface area contributed by atoms with Gasteiger partial charge in [0.2, 0.25) is 5.88 Å². The van der Waals surface area contributed by atoms with Crippen LogP contribution in [0.2, 0.25) is 0 Å². The third kappa shape index (κ3) is 2.44. The van der Waals surface area contributed by atoms with Crippen molar-refractivity contribution in [1.29, 1.82) is 0 Å². The molecule has 0 saturated heterocycles. The molecule has 0 spiro atoms. The molecule has 2 heterocycles. The summed E-state index contributed by atoms with van der Waals surface area (Å²) in [5, 5.41) is 0. The van der Waals surface area contributed by atoms with Crippen molar-refractivity contribution in [3.63, 3.8) is 0 Å². The van der Waals surface area contributed by atoms with Crippen LogP contribution >= 0.6 is 11.8 Å². The Kier molecular flexibility index (Phi) is 3.75. The maximum atomic E-state index is 6.28. The molecule has 0 amide bonds. The van der Waals surface area contributed by atoms with E-state index in [0.717, 1.165) is 16.4 Å². The van der Waals surface area contributed by atoms with Crippen molar-refractivity contribution in [2.45, 2.75) is 17.0 Å². The van der Waals surface area contributed by atoms with Crippen molar-refractivity contribution in [2.24, 2.45) is 5.73 Å². The minimum absolute atomic E-state index is 0.152. The van der Waals surface area contributed by atoms with E-state index < -0.39 is 0 Å². The number of methoxy groups -OCH3 is 1. The second-order valence-corrected chi connectivity index (χ2v) is 5.45. The maximum absolute atomic E-state index is 6.28. The van der Waals surface area contributed by atoms with Crippen LogP contribution in [-0.2, 0) is 0 Å². The van der Waals surface area contributed by atoms with E-state index >= 15 is 0 Å². The number of aromatic nitrogens is 2. The van der Waals surface area contributed by atoms with E-state index in [2.05, 4.69) is 9.97 Å². The highest BCUT2D eigenvalue weighted by Gasteiger charge is 2.29. The van der Waals surface area contributed by atoms with Crippen LogP contribution in [-0.4, -0.2) is 28.9 Å². The second-order valence-electron chi connectivity index (χ2n) is 4.39. The Morgan fingerprint density at radius 2 is 2.15 bits per heavy atom. The lowest BCUT2D eigenvalue weighted by atomic mass is 10.1. The van der Waals surface area contributed by atoms with Gasteiger partial charge in [-0.15, -0.1) is 11.8 Å². The molecule has 3 rings (SSSR count). The van der Waals surface area contributed by atoms with Crippen LogP contribution in [0.15, 0.2) is 41.6 Å². The molecule has 1 aromatic heterocycles. The number of ether oxygens (including phenoxy) is 2. The lowest BCUT2D eigenvalue weighted by Gasteiger charge is -2.29. The zero-order valence-corrected chi connectivity index (χ0v) is 11.8. The third-order valence-corrected chi connectivity index (χ3v) is 4.27. The predicted molar refractivity (Wildman–Crippen MR) is 77.1 cm³/mol. The first-order valence-electron chi connectivity index (χ1n) is 6.28. The Morgan fingerprint density at radius 1 is 1.35 bits per heavy atom. The number of fused-ring (bicyclic) bond motifs is 1. The summed E-state index contributed by atoms with van der Waals surface area (Å²) in [5.74, 6) is 2.09. The lowest BCUT2D eigenvalue weighted by Crippen LogP contribution is -2.36. The van der Waals surface area contributed by atoms with Gasteiger partial charge in [-0.05, 0) is 12.1 Å². The minimum Gasteiger partial charge on any atom is -0.486 e. The second kappa shape index (κ2) is 5.68. The first kappa shape index (κ1) is 13.2. The fourth-order valence-corrected chi connectivity index (χ4v) is 3.16. The van der Waals surface area contributed by atoms with Gasteiger partial charge in [0.05, 0.1) is 13.2 Å².